The maximum absolute atomic E-state index is 12.0. The molecule has 5 heteroatoms. The van der Waals surface area contributed by atoms with Crippen molar-refractivity contribution in [1.29, 1.82) is 0 Å². The summed E-state index contributed by atoms with van der Waals surface area (Å²) in [5, 5.41) is 11.8. The molecule has 22 heavy (non-hydrogen) atoms. The number of benzene rings is 1. The van der Waals surface area contributed by atoms with Crippen LogP contribution in [0, 0.1) is 0 Å². The van der Waals surface area contributed by atoms with Gasteiger partial charge in [-0.1, -0.05) is 25.0 Å². The van der Waals surface area contributed by atoms with Crippen LogP contribution in [0.4, 0.5) is 10.5 Å². The summed E-state index contributed by atoms with van der Waals surface area (Å²) in [5.41, 5.74) is 1.87. The van der Waals surface area contributed by atoms with Gasteiger partial charge < -0.3 is 20.1 Å². The van der Waals surface area contributed by atoms with Crippen LogP contribution in [0.3, 0.4) is 0 Å². The first-order valence-corrected chi connectivity index (χ1v) is 8.10. The minimum atomic E-state index is -0.188. The van der Waals surface area contributed by atoms with Crippen molar-refractivity contribution in [1.82, 2.24) is 4.90 Å². The molecule has 1 fully saturated rings. The number of hydrogen-bond donors (Lipinski definition) is 2. The van der Waals surface area contributed by atoms with Crippen molar-refractivity contribution in [3.05, 3.63) is 29.8 Å². The fraction of sp³-hybridized carbons (Fsp3) is 0.588. The molecule has 0 aliphatic heterocycles. The van der Waals surface area contributed by atoms with Gasteiger partial charge in [-0.25, -0.2) is 4.79 Å². The van der Waals surface area contributed by atoms with Gasteiger partial charge in [0.25, 0.3) is 0 Å². The van der Waals surface area contributed by atoms with Crippen molar-refractivity contribution in [2.24, 2.45) is 0 Å². The van der Waals surface area contributed by atoms with Crippen LogP contribution in [0.5, 0.6) is 0 Å². The van der Waals surface area contributed by atoms with Gasteiger partial charge in [0.2, 0.25) is 0 Å². The van der Waals surface area contributed by atoms with Crippen LogP contribution >= 0.6 is 0 Å². The van der Waals surface area contributed by atoms with Crippen molar-refractivity contribution in [3.63, 3.8) is 0 Å². The summed E-state index contributed by atoms with van der Waals surface area (Å²) in [7, 11) is 0. The Kier molecular flexibility index (Phi) is 6.68. The topological polar surface area (TPSA) is 61.8 Å². The number of carbonyl (C=O) groups is 1. The Morgan fingerprint density at radius 3 is 2.59 bits per heavy atom. The molecule has 2 amide bonds. The van der Waals surface area contributed by atoms with Gasteiger partial charge in [0, 0.05) is 18.8 Å². The number of anilines is 1. The molecule has 1 aliphatic carbocycles. The van der Waals surface area contributed by atoms with E-state index in [0.29, 0.717) is 25.8 Å². The molecule has 5 nitrogen and oxygen atoms in total. The summed E-state index contributed by atoms with van der Waals surface area (Å²) in [6.45, 7) is 3.40. The summed E-state index contributed by atoms with van der Waals surface area (Å²) in [6.07, 6.45) is 5.31. The predicted molar refractivity (Wildman–Crippen MR) is 86.8 cm³/mol. The number of rotatable bonds is 7. The van der Waals surface area contributed by atoms with E-state index in [9.17, 15) is 4.79 Å². The standard InChI is InChI=1S/C17H26N2O3/c1-2-19(11-12-20)17(21)18-15-9-7-14(8-10-15)13-22-16-5-3-4-6-16/h7-10,16,20H,2-6,11-13H2,1H3,(H,18,21). The zero-order chi connectivity index (χ0) is 15.8. The summed E-state index contributed by atoms with van der Waals surface area (Å²) in [6, 6.07) is 7.54. The summed E-state index contributed by atoms with van der Waals surface area (Å²) >= 11 is 0. The molecule has 0 atom stereocenters. The van der Waals surface area contributed by atoms with Crippen LogP contribution in [0.25, 0.3) is 0 Å². The predicted octanol–water partition coefficient (Wildman–Crippen LogP) is 2.99. The molecule has 1 aliphatic rings. The average Bonchev–Trinajstić information content (AvgIpc) is 3.05. The normalized spacial score (nSPS) is 15.0. The molecule has 0 radical (unpaired) electrons. The molecule has 2 N–H and O–H groups in total. The lowest BCUT2D eigenvalue weighted by Crippen LogP contribution is -2.36. The van der Waals surface area contributed by atoms with Gasteiger partial charge in [-0.05, 0) is 37.5 Å². The summed E-state index contributed by atoms with van der Waals surface area (Å²) in [4.78, 5) is 13.6. The van der Waals surface area contributed by atoms with E-state index in [1.54, 1.807) is 4.90 Å². The second-order valence-corrected chi connectivity index (χ2v) is 5.65. The number of ether oxygens (including phenoxy) is 1. The van der Waals surface area contributed by atoms with Crippen molar-refractivity contribution in [2.75, 3.05) is 25.0 Å². The number of urea groups is 1. The van der Waals surface area contributed by atoms with E-state index >= 15 is 0 Å². The number of likely N-dealkylation sites (N-methyl/N-ethyl adjacent to an activating group) is 1. The van der Waals surface area contributed by atoms with E-state index in [4.69, 9.17) is 9.84 Å². The van der Waals surface area contributed by atoms with Crippen LogP contribution in [0.2, 0.25) is 0 Å². The quantitative estimate of drug-likeness (QED) is 0.814. The number of aliphatic hydroxyl groups excluding tert-OH is 1. The van der Waals surface area contributed by atoms with Gasteiger partial charge >= 0.3 is 6.03 Å². The van der Waals surface area contributed by atoms with Gasteiger partial charge in [0.15, 0.2) is 0 Å². The van der Waals surface area contributed by atoms with Crippen LogP contribution in [0.15, 0.2) is 24.3 Å². The highest BCUT2D eigenvalue weighted by Gasteiger charge is 2.15. The van der Waals surface area contributed by atoms with Crippen molar-refractivity contribution in [3.8, 4) is 0 Å². The fourth-order valence-corrected chi connectivity index (χ4v) is 2.68. The van der Waals surface area contributed by atoms with E-state index < -0.39 is 0 Å². The van der Waals surface area contributed by atoms with Crippen LogP contribution in [-0.4, -0.2) is 41.8 Å². The molecule has 122 valence electrons. The molecular formula is C17H26N2O3. The third kappa shape index (κ3) is 5.00. The smallest absolute Gasteiger partial charge is 0.321 e. The van der Waals surface area contributed by atoms with E-state index in [-0.39, 0.29) is 12.6 Å². The van der Waals surface area contributed by atoms with Gasteiger partial charge in [-0.15, -0.1) is 0 Å². The highest BCUT2D eigenvalue weighted by Crippen LogP contribution is 2.22. The molecule has 0 spiro atoms. The number of amides is 2. The van der Waals surface area contributed by atoms with Gasteiger partial charge in [0.1, 0.15) is 0 Å². The molecule has 0 saturated heterocycles. The molecule has 1 aromatic carbocycles. The second kappa shape index (κ2) is 8.76. The minimum absolute atomic E-state index is 0.0291. The SMILES string of the molecule is CCN(CCO)C(=O)Nc1ccc(COC2CCCC2)cc1. The molecule has 0 aromatic heterocycles. The lowest BCUT2D eigenvalue weighted by molar-refractivity contribution is 0.0457. The molecule has 0 bridgehead atoms. The first kappa shape index (κ1) is 16.8. The first-order valence-electron chi connectivity index (χ1n) is 8.10. The highest BCUT2D eigenvalue weighted by molar-refractivity contribution is 5.89. The monoisotopic (exact) mass is 306 g/mol. The van der Waals surface area contributed by atoms with Crippen molar-refractivity contribution in [2.45, 2.75) is 45.3 Å². The van der Waals surface area contributed by atoms with Gasteiger partial charge in [-0.3, -0.25) is 0 Å². The summed E-state index contributed by atoms with van der Waals surface area (Å²) < 4.78 is 5.87. The maximum atomic E-state index is 12.0. The lowest BCUT2D eigenvalue weighted by atomic mass is 10.2. The zero-order valence-electron chi connectivity index (χ0n) is 13.3. The number of hydrogen-bond acceptors (Lipinski definition) is 3. The van der Waals surface area contributed by atoms with Gasteiger partial charge in [0.05, 0.1) is 19.3 Å². The molecular weight excluding hydrogens is 280 g/mol. The molecule has 0 heterocycles. The Bertz CT molecular complexity index is 455. The second-order valence-electron chi connectivity index (χ2n) is 5.65. The first-order chi connectivity index (χ1) is 10.7. The molecule has 1 saturated carbocycles. The Hall–Kier alpha value is -1.59. The van der Waals surface area contributed by atoms with Crippen molar-refractivity contribution >= 4 is 11.7 Å². The third-order valence-electron chi connectivity index (χ3n) is 4.03. The Morgan fingerprint density at radius 2 is 2.00 bits per heavy atom. The van der Waals surface area contributed by atoms with E-state index in [0.717, 1.165) is 11.3 Å². The van der Waals surface area contributed by atoms with E-state index in [1.807, 2.05) is 31.2 Å². The van der Waals surface area contributed by atoms with Crippen LogP contribution < -0.4 is 5.32 Å². The molecule has 2 rings (SSSR count). The van der Waals surface area contributed by atoms with Crippen LogP contribution in [-0.2, 0) is 11.3 Å². The van der Waals surface area contributed by atoms with Crippen molar-refractivity contribution < 1.29 is 14.6 Å². The minimum Gasteiger partial charge on any atom is -0.395 e. The number of aliphatic hydroxyl groups is 1. The van der Waals surface area contributed by atoms with E-state index in [2.05, 4.69) is 5.32 Å². The molecule has 1 aromatic rings. The summed E-state index contributed by atoms with van der Waals surface area (Å²) in [5.74, 6) is 0. The number of carbonyl (C=O) groups excluding carboxylic acids is 1. The third-order valence-corrected chi connectivity index (χ3v) is 4.03. The number of nitrogens with zero attached hydrogens (tertiary/aromatic N) is 1. The lowest BCUT2D eigenvalue weighted by Gasteiger charge is -2.20. The van der Waals surface area contributed by atoms with Gasteiger partial charge in [-0.2, -0.15) is 0 Å². The maximum Gasteiger partial charge on any atom is 0.321 e. The molecule has 0 unspecified atom stereocenters. The Labute approximate surface area is 132 Å². The fourth-order valence-electron chi connectivity index (χ4n) is 2.68. The average molecular weight is 306 g/mol. The Balaban J connectivity index is 1.81. The van der Waals surface area contributed by atoms with Crippen LogP contribution in [0.1, 0.15) is 38.2 Å². The Morgan fingerprint density at radius 1 is 1.32 bits per heavy atom. The zero-order valence-corrected chi connectivity index (χ0v) is 13.3. The highest BCUT2D eigenvalue weighted by atomic mass is 16.5. The number of nitrogens with one attached hydrogen (secondary N) is 1. The van der Waals surface area contributed by atoms with E-state index in [1.165, 1.54) is 25.7 Å². The largest absolute Gasteiger partial charge is 0.395 e.